The number of carbonyl (C=O) groups is 2. The van der Waals surface area contributed by atoms with E-state index in [1.54, 1.807) is 4.90 Å². The highest BCUT2D eigenvalue weighted by molar-refractivity contribution is 7.14. The molecular weight excluding hydrogens is 306 g/mol. The lowest BCUT2D eigenvalue weighted by molar-refractivity contribution is -0.118. The zero-order valence-electron chi connectivity index (χ0n) is 14.2. The molecule has 0 N–H and O–H groups in total. The predicted molar refractivity (Wildman–Crippen MR) is 96.6 cm³/mol. The molecule has 1 amide bonds. The van der Waals surface area contributed by atoms with Gasteiger partial charge in [0.15, 0.2) is 5.78 Å². The summed E-state index contributed by atoms with van der Waals surface area (Å²) in [5.41, 5.74) is 3.20. The van der Waals surface area contributed by atoms with Crippen LogP contribution >= 0.6 is 11.3 Å². The van der Waals surface area contributed by atoms with Crippen molar-refractivity contribution in [2.75, 3.05) is 11.4 Å². The van der Waals surface area contributed by atoms with Crippen LogP contribution in [0.4, 0.5) is 5.69 Å². The lowest BCUT2D eigenvalue weighted by Gasteiger charge is -2.23. The Kier molecular flexibility index (Phi) is 5.72. The number of hydrogen-bond donors (Lipinski definition) is 0. The van der Waals surface area contributed by atoms with Crippen molar-refractivity contribution in [2.45, 2.75) is 40.5 Å². The summed E-state index contributed by atoms with van der Waals surface area (Å²) in [5.74, 6) is 0.0502. The lowest BCUT2D eigenvalue weighted by atomic mass is 10.1. The average Bonchev–Trinajstić information content (AvgIpc) is 2.94. The van der Waals surface area contributed by atoms with Gasteiger partial charge in [0, 0.05) is 30.0 Å². The SMILES string of the molecule is CCN(C(=O)CCC(=O)c1ccc(C)s1)c1ccc(C)cc1C. The van der Waals surface area contributed by atoms with Crippen molar-refractivity contribution in [3.05, 3.63) is 51.2 Å². The van der Waals surface area contributed by atoms with Crippen molar-refractivity contribution < 1.29 is 9.59 Å². The van der Waals surface area contributed by atoms with Crippen LogP contribution in [-0.4, -0.2) is 18.2 Å². The van der Waals surface area contributed by atoms with Gasteiger partial charge in [-0.05, 0) is 51.5 Å². The Morgan fingerprint density at radius 1 is 1.04 bits per heavy atom. The maximum absolute atomic E-state index is 12.5. The van der Waals surface area contributed by atoms with Crippen LogP contribution in [0.25, 0.3) is 0 Å². The van der Waals surface area contributed by atoms with E-state index in [4.69, 9.17) is 0 Å². The predicted octanol–water partition coefficient (Wildman–Crippen LogP) is 4.69. The number of aryl methyl sites for hydroxylation is 3. The first-order valence-electron chi connectivity index (χ1n) is 7.89. The molecule has 0 aliphatic carbocycles. The smallest absolute Gasteiger partial charge is 0.227 e. The number of thiophene rings is 1. The maximum atomic E-state index is 12.5. The van der Waals surface area contributed by atoms with Gasteiger partial charge in [0.05, 0.1) is 4.88 Å². The Hall–Kier alpha value is -1.94. The van der Waals surface area contributed by atoms with Gasteiger partial charge in [-0.1, -0.05) is 17.7 Å². The number of benzene rings is 1. The molecule has 122 valence electrons. The van der Waals surface area contributed by atoms with E-state index in [-0.39, 0.29) is 24.5 Å². The summed E-state index contributed by atoms with van der Waals surface area (Å²) in [5, 5.41) is 0. The van der Waals surface area contributed by atoms with Crippen LogP contribution in [0, 0.1) is 20.8 Å². The van der Waals surface area contributed by atoms with Crippen LogP contribution in [-0.2, 0) is 4.79 Å². The van der Waals surface area contributed by atoms with Crippen LogP contribution < -0.4 is 4.90 Å². The Balaban J connectivity index is 2.04. The number of carbonyl (C=O) groups excluding carboxylic acids is 2. The molecule has 0 saturated heterocycles. The second kappa shape index (κ2) is 7.55. The molecule has 23 heavy (non-hydrogen) atoms. The van der Waals surface area contributed by atoms with E-state index in [0.29, 0.717) is 6.54 Å². The summed E-state index contributed by atoms with van der Waals surface area (Å²) in [6.07, 6.45) is 0.511. The summed E-state index contributed by atoms with van der Waals surface area (Å²) >= 11 is 1.49. The second-order valence-corrected chi connectivity index (χ2v) is 7.05. The van der Waals surface area contributed by atoms with E-state index in [0.717, 1.165) is 21.0 Å². The molecule has 0 radical (unpaired) electrons. The zero-order valence-corrected chi connectivity index (χ0v) is 15.0. The standard InChI is InChI=1S/C19H23NO2S/c1-5-20(16-8-6-13(2)12-14(16)3)19(22)11-9-17(21)18-10-7-15(4)23-18/h6-8,10,12H,5,9,11H2,1-4H3. The van der Waals surface area contributed by atoms with E-state index < -0.39 is 0 Å². The molecule has 0 aliphatic heterocycles. The van der Waals surface area contributed by atoms with Crippen LogP contribution in [0.1, 0.15) is 45.4 Å². The van der Waals surface area contributed by atoms with Crippen molar-refractivity contribution in [1.29, 1.82) is 0 Å². The van der Waals surface area contributed by atoms with Crippen molar-refractivity contribution in [3.8, 4) is 0 Å². The third kappa shape index (κ3) is 4.29. The fourth-order valence-corrected chi connectivity index (χ4v) is 3.49. The monoisotopic (exact) mass is 329 g/mol. The molecule has 1 heterocycles. The summed E-state index contributed by atoms with van der Waals surface area (Å²) in [7, 11) is 0. The summed E-state index contributed by atoms with van der Waals surface area (Å²) < 4.78 is 0. The Bertz CT molecular complexity index is 718. The molecule has 0 unspecified atom stereocenters. The maximum Gasteiger partial charge on any atom is 0.227 e. The highest BCUT2D eigenvalue weighted by Gasteiger charge is 2.18. The molecule has 0 spiro atoms. The van der Waals surface area contributed by atoms with Crippen LogP contribution in [0.2, 0.25) is 0 Å². The van der Waals surface area contributed by atoms with Gasteiger partial charge in [-0.25, -0.2) is 0 Å². The van der Waals surface area contributed by atoms with E-state index in [9.17, 15) is 9.59 Å². The summed E-state index contributed by atoms with van der Waals surface area (Å²) in [6, 6.07) is 9.85. The van der Waals surface area contributed by atoms with Crippen LogP contribution in [0.5, 0.6) is 0 Å². The highest BCUT2D eigenvalue weighted by Crippen LogP contribution is 2.23. The third-order valence-electron chi connectivity index (χ3n) is 3.84. The first kappa shape index (κ1) is 17.4. The first-order valence-corrected chi connectivity index (χ1v) is 8.71. The molecule has 0 saturated carbocycles. The zero-order chi connectivity index (χ0) is 17.0. The molecule has 0 bridgehead atoms. The Morgan fingerprint density at radius 3 is 2.35 bits per heavy atom. The quantitative estimate of drug-likeness (QED) is 0.721. The number of rotatable bonds is 6. The minimum absolute atomic E-state index is 0.00100. The molecular formula is C19H23NO2S. The molecule has 2 aromatic rings. The molecule has 0 atom stereocenters. The number of hydrogen-bond acceptors (Lipinski definition) is 3. The number of nitrogens with zero attached hydrogens (tertiary/aromatic N) is 1. The van der Waals surface area contributed by atoms with Gasteiger partial charge in [0.1, 0.15) is 0 Å². The van der Waals surface area contributed by atoms with Crippen molar-refractivity contribution >= 4 is 28.7 Å². The average molecular weight is 329 g/mol. The molecule has 0 aliphatic rings. The van der Waals surface area contributed by atoms with Crippen molar-refractivity contribution in [1.82, 2.24) is 0 Å². The molecule has 1 aromatic carbocycles. The van der Waals surface area contributed by atoms with Crippen LogP contribution in [0.3, 0.4) is 0 Å². The lowest BCUT2D eigenvalue weighted by Crippen LogP contribution is -2.31. The van der Waals surface area contributed by atoms with E-state index in [1.165, 1.54) is 16.9 Å². The Labute approximate surface area is 141 Å². The van der Waals surface area contributed by atoms with E-state index >= 15 is 0 Å². The first-order chi connectivity index (χ1) is 10.9. The van der Waals surface area contributed by atoms with Gasteiger partial charge in [-0.3, -0.25) is 9.59 Å². The largest absolute Gasteiger partial charge is 0.312 e. The van der Waals surface area contributed by atoms with Gasteiger partial charge in [-0.15, -0.1) is 11.3 Å². The minimum Gasteiger partial charge on any atom is -0.312 e. The minimum atomic E-state index is 0.00100. The summed E-state index contributed by atoms with van der Waals surface area (Å²) in [6.45, 7) is 8.59. The number of ketones is 1. The van der Waals surface area contributed by atoms with Gasteiger partial charge < -0.3 is 4.90 Å². The fraction of sp³-hybridized carbons (Fsp3) is 0.368. The third-order valence-corrected chi connectivity index (χ3v) is 4.88. The normalized spacial score (nSPS) is 10.6. The number of amides is 1. The second-order valence-electron chi connectivity index (χ2n) is 5.76. The van der Waals surface area contributed by atoms with Gasteiger partial charge in [0.25, 0.3) is 0 Å². The molecule has 0 fully saturated rings. The van der Waals surface area contributed by atoms with Gasteiger partial charge in [-0.2, -0.15) is 0 Å². The van der Waals surface area contributed by atoms with Crippen molar-refractivity contribution in [3.63, 3.8) is 0 Å². The van der Waals surface area contributed by atoms with E-state index in [1.807, 2.05) is 52.0 Å². The molecule has 4 heteroatoms. The topological polar surface area (TPSA) is 37.4 Å². The Morgan fingerprint density at radius 2 is 1.78 bits per heavy atom. The molecule has 2 rings (SSSR count). The van der Waals surface area contributed by atoms with Crippen LogP contribution in [0.15, 0.2) is 30.3 Å². The number of anilines is 1. The van der Waals surface area contributed by atoms with Gasteiger partial charge in [0.2, 0.25) is 5.91 Å². The molecule has 3 nitrogen and oxygen atoms in total. The number of Topliss-reactive ketones (excluding diaryl/α,β-unsaturated/α-hetero) is 1. The van der Waals surface area contributed by atoms with Crippen molar-refractivity contribution in [2.24, 2.45) is 0 Å². The van der Waals surface area contributed by atoms with E-state index in [2.05, 4.69) is 6.07 Å². The highest BCUT2D eigenvalue weighted by atomic mass is 32.1. The summed E-state index contributed by atoms with van der Waals surface area (Å²) in [4.78, 5) is 28.3. The molecule has 1 aromatic heterocycles. The van der Waals surface area contributed by atoms with Gasteiger partial charge >= 0.3 is 0 Å². The fourth-order valence-electron chi connectivity index (χ4n) is 2.65.